The largest absolute Gasteiger partial charge is 0.472 e. The number of rotatable bonds is 41. The molecular weight excluding hydrogens is 751 g/mol. The summed E-state index contributed by atoms with van der Waals surface area (Å²) >= 11 is 0. The van der Waals surface area contributed by atoms with Gasteiger partial charge in [0.1, 0.15) is 12.2 Å². The number of phosphoric ester groups is 1. The summed E-state index contributed by atoms with van der Waals surface area (Å²) in [4.78, 5) is 22.6. The smallest absolute Gasteiger partial charge is 0.457 e. The van der Waals surface area contributed by atoms with Crippen molar-refractivity contribution in [2.45, 2.75) is 167 Å². The normalized spacial score (nSPS) is 14.9. The first-order valence-electron chi connectivity index (χ1n) is 22.2. The quantitative estimate of drug-likeness (QED) is 0.0238. The van der Waals surface area contributed by atoms with Gasteiger partial charge >= 0.3 is 13.8 Å². The lowest BCUT2D eigenvalue weighted by Gasteiger charge is -2.20. The number of aliphatic hydroxyl groups excluding tert-OH is 2. The molecule has 58 heavy (non-hydrogen) atoms. The summed E-state index contributed by atoms with van der Waals surface area (Å²) in [6.07, 6.45) is 55.1. The van der Waals surface area contributed by atoms with Crippen LogP contribution >= 0.6 is 7.82 Å². The molecular formula is C48H81O9P. The van der Waals surface area contributed by atoms with E-state index in [4.69, 9.17) is 23.6 Å². The van der Waals surface area contributed by atoms with E-state index in [-0.39, 0.29) is 13.0 Å². The van der Waals surface area contributed by atoms with Crippen molar-refractivity contribution < 1.29 is 43.0 Å². The van der Waals surface area contributed by atoms with Crippen LogP contribution < -0.4 is 0 Å². The molecule has 9 nitrogen and oxygen atoms in total. The minimum atomic E-state index is -4.53. The van der Waals surface area contributed by atoms with Crippen molar-refractivity contribution in [3.05, 3.63) is 97.2 Å². The Kier molecular flexibility index (Phi) is 42.0. The molecule has 0 saturated carbocycles. The predicted octanol–water partition coefficient (Wildman–Crippen LogP) is 12.5. The minimum Gasteiger partial charge on any atom is -0.457 e. The van der Waals surface area contributed by atoms with E-state index in [1.165, 1.54) is 6.42 Å². The van der Waals surface area contributed by atoms with Gasteiger partial charge in [0.25, 0.3) is 0 Å². The van der Waals surface area contributed by atoms with Gasteiger partial charge in [0.05, 0.1) is 26.4 Å². The van der Waals surface area contributed by atoms with E-state index < -0.39 is 45.8 Å². The lowest BCUT2D eigenvalue weighted by Crippen LogP contribution is -2.29. The Morgan fingerprint density at radius 3 is 1.48 bits per heavy atom. The minimum absolute atomic E-state index is 0.0234. The molecule has 0 bridgehead atoms. The fourth-order valence-corrected chi connectivity index (χ4v) is 6.18. The number of esters is 1. The van der Waals surface area contributed by atoms with Crippen LogP contribution in [-0.2, 0) is 27.9 Å². The van der Waals surface area contributed by atoms with Crippen LogP contribution in [0.1, 0.15) is 155 Å². The number of phosphoric acid groups is 1. The second-order valence-corrected chi connectivity index (χ2v) is 15.8. The molecule has 0 aromatic heterocycles. The zero-order valence-electron chi connectivity index (χ0n) is 36.2. The molecule has 3 N–H and O–H groups in total. The van der Waals surface area contributed by atoms with Gasteiger partial charge in [0, 0.05) is 13.0 Å². The number of hydrogen-bond acceptors (Lipinski definition) is 8. The molecule has 0 amide bonds. The average Bonchev–Trinajstić information content (AvgIpc) is 3.21. The number of carbonyl (C=O) groups excluding carboxylic acids is 1. The van der Waals surface area contributed by atoms with Gasteiger partial charge in [-0.2, -0.15) is 0 Å². The molecule has 0 aromatic carbocycles. The van der Waals surface area contributed by atoms with Gasteiger partial charge < -0.3 is 24.6 Å². The van der Waals surface area contributed by atoms with Crippen LogP contribution in [0.15, 0.2) is 97.2 Å². The highest BCUT2D eigenvalue weighted by Gasteiger charge is 2.26. The summed E-state index contributed by atoms with van der Waals surface area (Å²) in [7, 11) is -4.53. The maximum Gasteiger partial charge on any atom is 0.472 e. The Hall–Kier alpha value is -2.62. The highest BCUT2D eigenvalue weighted by Crippen LogP contribution is 2.43. The Balaban J connectivity index is 4.21. The molecule has 0 aliphatic carbocycles. The van der Waals surface area contributed by atoms with Crippen LogP contribution in [0.2, 0.25) is 0 Å². The molecule has 0 saturated heterocycles. The molecule has 3 atom stereocenters. The van der Waals surface area contributed by atoms with Crippen LogP contribution in [0.25, 0.3) is 0 Å². The van der Waals surface area contributed by atoms with E-state index >= 15 is 0 Å². The second kappa shape index (κ2) is 43.9. The zero-order chi connectivity index (χ0) is 42.5. The van der Waals surface area contributed by atoms with E-state index in [1.54, 1.807) is 0 Å². The Bertz CT molecular complexity index is 1220. The summed E-state index contributed by atoms with van der Waals surface area (Å²) < 4.78 is 33.3. The van der Waals surface area contributed by atoms with E-state index in [1.807, 2.05) is 0 Å². The highest BCUT2D eigenvalue weighted by atomic mass is 31.2. The zero-order valence-corrected chi connectivity index (χ0v) is 37.1. The summed E-state index contributed by atoms with van der Waals surface area (Å²) in [5, 5.41) is 18.3. The van der Waals surface area contributed by atoms with Crippen molar-refractivity contribution in [3.63, 3.8) is 0 Å². The number of ether oxygens (including phenoxy) is 2. The number of aliphatic hydroxyl groups is 2. The second-order valence-electron chi connectivity index (χ2n) is 14.3. The van der Waals surface area contributed by atoms with Crippen LogP contribution in [-0.4, -0.2) is 66.3 Å². The van der Waals surface area contributed by atoms with Crippen molar-refractivity contribution in [2.75, 3.05) is 33.0 Å². The third-order valence-electron chi connectivity index (χ3n) is 8.73. The van der Waals surface area contributed by atoms with Crippen LogP contribution in [0.3, 0.4) is 0 Å². The summed E-state index contributed by atoms with van der Waals surface area (Å²) in [5.41, 5.74) is 0. The third-order valence-corrected chi connectivity index (χ3v) is 9.69. The lowest BCUT2D eigenvalue weighted by atomic mass is 10.1. The number of carbonyl (C=O) groups is 1. The summed E-state index contributed by atoms with van der Waals surface area (Å²) in [6.45, 7) is 3.24. The number of hydrogen-bond donors (Lipinski definition) is 3. The SMILES string of the molecule is CC/C=C\C/C=C\C/C=C\C/C=C\C/C=C\C/C=C\CCCCCCCOCC(COP(=O)(O)OCC(O)CO)OC(=O)CCCCCCC/C=C\C/C=C\CCC. The van der Waals surface area contributed by atoms with Gasteiger partial charge in [-0.1, -0.05) is 156 Å². The molecule has 0 heterocycles. The van der Waals surface area contributed by atoms with Crippen molar-refractivity contribution in [2.24, 2.45) is 0 Å². The first kappa shape index (κ1) is 55.4. The summed E-state index contributed by atoms with van der Waals surface area (Å²) in [6, 6.07) is 0. The molecule has 0 aliphatic heterocycles. The standard InChI is InChI=1S/C48H81O9P/c1-3-5-7-9-11-13-15-17-18-19-20-21-22-23-24-25-26-27-29-31-33-35-37-39-41-54-44-47(45-56-58(52,53)55-43-46(50)42-49)57-48(51)40-38-36-34-32-30-28-16-14-12-10-8-6-4-2/h5,7-8,10-11,13-14,16-18,20-21,23-24,26-27,46-47,49-50H,3-4,6,9,12,15,19,22,25,28-45H2,1-2H3,(H,52,53)/b7-5-,10-8-,13-11-,16-14-,18-17-,21-20-,24-23-,27-26-. The maximum atomic E-state index is 12.6. The molecule has 3 unspecified atom stereocenters. The van der Waals surface area contributed by atoms with E-state index in [9.17, 15) is 19.4 Å². The van der Waals surface area contributed by atoms with Crippen molar-refractivity contribution >= 4 is 13.8 Å². The van der Waals surface area contributed by atoms with Gasteiger partial charge in [-0.15, -0.1) is 0 Å². The third kappa shape index (κ3) is 43.0. The molecule has 0 fully saturated rings. The maximum absolute atomic E-state index is 12.6. The van der Waals surface area contributed by atoms with E-state index in [2.05, 4.69) is 111 Å². The molecule has 0 aromatic rings. The van der Waals surface area contributed by atoms with Gasteiger partial charge in [0.2, 0.25) is 0 Å². The highest BCUT2D eigenvalue weighted by molar-refractivity contribution is 7.47. The van der Waals surface area contributed by atoms with Crippen molar-refractivity contribution in [1.29, 1.82) is 0 Å². The monoisotopic (exact) mass is 833 g/mol. The molecule has 0 radical (unpaired) electrons. The first-order valence-corrected chi connectivity index (χ1v) is 23.7. The topological polar surface area (TPSA) is 132 Å². The molecule has 332 valence electrons. The van der Waals surface area contributed by atoms with E-state index in [0.29, 0.717) is 13.0 Å². The Morgan fingerprint density at radius 1 is 0.552 bits per heavy atom. The fraction of sp³-hybridized carbons (Fsp3) is 0.646. The fourth-order valence-electron chi connectivity index (χ4n) is 5.39. The predicted molar refractivity (Wildman–Crippen MR) is 242 cm³/mol. The van der Waals surface area contributed by atoms with E-state index in [0.717, 1.165) is 122 Å². The Labute approximate surface area is 353 Å². The molecule has 0 aliphatic rings. The Morgan fingerprint density at radius 2 is 0.983 bits per heavy atom. The van der Waals surface area contributed by atoms with Gasteiger partial charge in [-0.3, -0.25) is 13.8 Å². The number of unbranched alkanes of at least 4 members (excludes halogenated alkanes) is 11. The average molecular weight is 833 g/mol. The molecule has 0 rings (SSSR count). The van der Waals surface area contributed by atoms with Crippen LogP contribution in [0.4, 0.5) is 0 Å². The summed E-state index contributed by atoms with van der Waals surface area (Å²) in [5.74, 6) is -0.410. The van der Waals surface area contributed by atoms with Crippen LogP contribution in [0.5, 0.6) is 0 Å². The van der Waals surface area contributed by atoms with Crippen molar-refractivity contribution in [1.82, 2.24) is 0 Å². The van der Waals surface area contributed by atoms with Crippen molar-refractivity contribution in [3.8, 4) is 0 Å². The van der Waals surface area contributed by atoms with Crippen LogP contribution in [0, 0.1) is 0 Å². The first-order chi connectivity index (χ1) is 28.3. The number of allylic oxidation sites excluding steroid dienone is 16. The van der Waals surface area contributed by atoms with Gasteiger partial charge in [-0.05, 0) is 89.9 Å². The van der Waals surface area contributed by atoms with Gasteiger partial charge in [-0.25, -0.2) is 4.57 Å². The molecule has 0 spiro atoms. The molecule has 10 heteroatoms. The lowest BCUT2D eigenvalue weighted by molar-refractivity contribution is -0.154. The van der Waals surface area contributed by atoms with Gasteiger partial charge in [0.15, 0.2) is 0 Å².